The largest absolute Gasteiger partial charge is 0.455 e. The number of sulfonamides is 1. The molecule has 1 aromatic rings. The summed E-state index contributed by atoms with van der Waals surface area (Å²) in [5, 5.41) is 7.46. The Morgan fingerprint density at radius 3 is 2.38 bits per heavy atom. The van der Waals surface area contributed by atoms with Crippen LogP contribution in [0.1, 0.15) is 13.3 Å². The molecule has 2 atom stereocenters. The van der Waals surface area contributed by atoms with Gasteiger partial charge >= 0.3 is 5.97 Å². The lowest BCUT2D eigenvalue weighted by atomic mass is 10.3. The lowest BCUT2D eigenvalue weighted by Gasteiger charge is -2.07. The summed E-state index contributed by atoms with van der Waals surface area (Å²) in [6.07, 6.45) is 0.801. The highest BCUT2D eigenvalue weighted by Crippen LogP contribution is 2.38. The molecule has 1 aliphatic rings. The van der Waals surface area contributed by atoms with E-state index in [-0.39, 0.29) is 23.4 Å². The third kappa shape index (κ3) is 4.27. The minimum Gasteiger partial charge on any atom is -0.455 e. The molecule has 1 aromatic carbocycles. The van der Waals surface area contributed by atoms with E-state index in [0.717, 1.165) is 6.42 Å². The van der Waals surface area contributed by atoms with Crippen molar-refractivity contribution in [3.63, 3.8) is 0 Å². The Balaban J connectivity index is 1.84. The number of nitrogens with one attached hydrogen (secondary N) is 1. The highest BCUT2D eigenvalue weighted by atomic mass is 32.2. The first-order valence-corrected chi connectivity index (χ1v) is 7.91. The van der Waals surface area contributed by atoms with E-state index < -0.39 is 15.9 Å². The Bertz CT molecular complexity index is 654. The van der Waals surface area contributed by atoms with E-state index in [0.29, 0.717) is 11.6 Å². The molecule has 1 aliphatic carbocycles. The zero-order valence-electron chi connectivity index (χ0n) is 11.4. The minimum atomic E-state index is -3.76. The Kier molecular flexibility index (Phi) is 4.29. The number of nitrogens with two attached hydrogens (primary N) is 1. The molecule has 0 aromatic heterocycles. The fourth-order valence-electron chi connectivity index (χ4n) is 1.82. The normalized spacial score (nSPS) is 20.7. The van der Waals surface area contributed by atoms with Gasteiger partial charge in [-0.1, -0.05) is 6.92 Å². The number of primary sulfonamides is 1. The lowest BCUT2D eigenvalue weighted by molar-refractivity contribution is -0.148. The summed E-state index contributed by atoms with van der Waals surface area (Å²) in [6, 6.07) is 5.37. The minimum absolute atomic E-state index is 0.0466. The number of carbonyl (C=O) groups excluding carboxylic acids is 2. The first-order valence-electron chi connectivity index (χ1n) is 6.36. The maximum absolute atomic E-state index is 11.6. The average molecular weight is 312 g/mol. The molecule has 1 fully saturated rings. The van der Waals surface area contributed by atoms with Crippen LogP contribution in [0.25, 0.3) is 0 Å². The molecular formula is C13H16N2O5S. The standard InChI is InChI=1S/C13H16N2O5S/c1-8-6-11(8)13(17)20-7-12(16)15-9-2-4-10(5-3-9)21(14,18)19/h2-5,8,11H,6-7H2,1H3,(H,15,16)(H2,14,18,19)/t8-,11+/m1/s1. The number of hydrogen-bond acceptors (Lipinski definition) is 5. The van der Waals surface area contributed by atoms with Crippen molar-refractivity contribution in [2.75, 3.05) is 11.9 Å². The predicted molar refractivity (Wildman–Crippen MR) is 74.7 cm³/mol. The van der Waals surface area contributed by atoms with E-state index >= 15 is 0 Å². The molecule has 0 spiro atoms. The summed E-state index contributed by atoms with van der Waals surface area (Å²) in [6.45, 7) is 1.58. The molecule has 0 bridgehead atoms. The predicted octanol–water partition coefficient (Wildman–Crippen LogP) is 0.472. The van der Waals surface area contributed by atoms with Crippen LogP contribution in [0.3, 0.4) is 0 Å². The Morgan fingerprint density at radius 1 is 1.33 bits per heavy atom. The summed E-state index contributed by atoms with van der Waals surface area (Å²) < 4.78 is 27.0. The molecule has 21 heavy (non-hydrogen) atoms. The first kappa shape index (κ1) is 15.5. The van der Waals surface area contributed by atoms with Crippen LogP contribution in [0.15, 0.2) is 29.2 Å². The van der Waals surface area contributed by atoms with Crippen LogP contribution in [0.4, 0.5) is 5.69 Å². The molecule has 114 valence electrons. The van der Waals surface area contributed by atoms with Gasteiger partial charge in [0.05, 0.1) is 10.8 Å². The fraction of sp³-hybridized carbons (Fsp3) is 0.385. The van der Waals surface area contributed by atoms with E-state index in [9.17, 15) is 18.0 Å². The van der Waals surface area contributed by atoms with Crippen LogP contribution in [0, 0.1) is 11.8 Å². The van der Waals surface area contributed by atoms with Gasteiger partial charge in [-0.05, 0) is 36.6 Å². The van der Waals surface area contributed by atoms with Gasteiger partial charge in [0.1, 0.15) is 0 Å². The number of carbonyl (C=O) groups is 2. The van der Waals surface area contributed by atoms with Crippen molar-refractivity contribution in [2.45, 2.75) is 18.2 Å². The fourth-order valence-corrected chi connectivity index (χ4v) is 2.33. The summed E-state index contributed by atoms with van der Waals surface area (Å²) in [5.74, 6) is -0.611. The van der Waals surface area contributed by atoms with Crippen molar-refractivity contribution in [1.29, 1.82) is 0 Å². The molecule has 1 amide bonds. The molecule has 2 rings (SSSR count). The van der Waals surface area contributed by atoms with Crippen molar-refractivity contribution in [1.82, 2.24) is 0 Å². The molecule has 0 aliphatic heterocycles. The van der Waals surface area contributed by atoms with Gasteiger partial charge in [-0.25, -0.2) is 13.6 Å². The summed E-state index contributed by atoms with van der Waals surface area (Å²) in [5.41, 5.74) is 0.392. The average Bonchev–Trinajstić information content (AvgIpc) is 3.13. The number of anilines is 1. The highest BCUT2D eigenvalue weighted by Gasteiger charge is 2.40. The van der Waals surface area contributed by atoms with E-state index in [1.54, 1.807) is 0 Å². The second-order valence-corrected chi connectivity index (χ2v) is 6.61. The van der Waals surface area contributed by atoms with E-state index in [2.05, 4.69) is 5.32 Å². The van der Waals surface area contributed by atoms with Gasteiger partial charge in [-0.2, -0.15) is 0 Å². The van der Waals surface area contributed by atoms with Gasteiger partial charge < -0.3 is 10.1 Å². The van der Waals surface area contributed by atoms with E-state index in [1.165, 1.54) is 24.3 Å². The van der Waals surface area contributed by atoms with Crippen molar-refractivity contribution in [3.05, 3.63) is 24.3 Å². The zero-order valence-corrected chi connectivity index (χ0v) is 12.2. The molecule has 0 saturated heterocycles. The SMILES string of the molecule is C[C@@H]1C[C@@H]1C(=O)OCC(=O)Nc1ccc(S(N)(=O)=O)cc1. The highest BCUT2D eigenvalue weighted by molar-refractivity contribution is 7.89. The first-order chi connectivity index (χ1) is 9.77. The van der Waals surface area contributed by atoms with Crippen LogP contribution >= 0.6 is 0 Å². The maximum Gasteiger partial charge on any atom is 0.309 e. The smallest absolute Gasteiger partial charge is 0.309 e. The van der Waals surface area contributed by atoms with Gasteiger partial charge in [-0.3, -0.25) is 9.59 Å². The second-order valence-electron chi connectivity index (χ2n) is 5.04. The van der Waals surface area contributed by atoms with Crippen LogP contribution < -0.4 is 10.5 Å². The third-order valence-corrected chi connectivity index (χ3v) is 4.15. The monoisotopic (exact) mass is 312 g/mol. The Hall–Kier alpha value is -1.93. The Labute approximate surface area is 122 Å². The molecule has 3 N–H and O–H groups in total. The summed E-state index contributed by atoms with van der Waals surface area (Å²) >= 11 is 0. The number of esters is 1. The van der Waals surface area contributed by atoms with Gasteiger partial charge in [0.2, 0.25) is 10.0 Å². The van der Waals surface area contributed by atoms with Crippen molar-refractivity contribution < 1.29 is 22.7 Å². The third-order valence-electron chi connectivity index (χ3n) is 3.22. The lowest BCUT2D eigenvalue weighted by Crippen LogP contribution is -2.21. The number of amides is 1. The summed E-state index contributed by atoms with van der Waals surface area (Å²) in [7, 11) is -3.76. The number of hydrogen-bond donors (Lipinski definition) is 2. The second kappa shape index (κ2) is 5.82. The van der Waals surface area contributed by atoms with Gasteiger partial charge in [0.25, 0.3) is 5.91 Å². The van der Waals surface area contributed by atoms with Crippen LogP contribution in [-0.2, 0) is 24.3 Å². The maximum atomic E-state index is 11.6. The molecule has 0 unspecified atom stereocenters. The molecular weight excluding hydrogens is 296 g/mol. The van der Waals surface area contributed by atoms with Crippen LogP contribution in [0.5, 0.6) is 0 Å². The zero-order chi connectivity index (χ0) is 15.6. The quantitative estimate of drug-likeness (QED) is 0.767. The number of rotatable bonds is 5. The number of ether oxygens (including phenoxy) is 1. The van der Waals surface area contributed by atoms with Crippen LogP contribution in [-0.4, -0.2) is 26.9 Å². The molecule has 7 nitrogen and oxygen atoms in total. The van der Waals surface area contributed by atoms with Gasteiger partial charge in [0.15, 0.2) is 6.61 Å². The van der Waals surface area contributed by atoms with E-state index in [4.69, 9.17) is 9.88 Å². The van der Waals surface area contributed by atoms with Crippen molar-refractivity contribution in [3.8, 4) is 0 Å². The molecule has 8 heteroatoms. The molecule has 1 saturated carbocycles. The summed E-state index contributed by atoms with van der Waals surface area (Å²) in [4.78, 5) is 23.0. The topological polar surface area (TPSA) is 116 Å². The molecule has 0 heterocycles. The van der Waals surface area contributed by atoms with Gasteiger partial charge in [0, 0.05) is 5.69 Å². The molecule has 0 radical (unpaired) electrons. The number of benzene rings is 1. The van der Waals surface area contributed by atoms with Crippen LogP contribution in [0.2, 0.25) is 0 Å². The van der Waals surface area contributed by atoms with E-state index in [1.807, 2.05) is 6.92 Å². The van der Waals surface area contributed by atoms with Gasteiger partial charge in [-0.15, -0.1) is 0 Å². The Morgan fingerprint density at radius 2 is 1.90 bits per heavy atom. The van der Waals surface area contributed by atoms with Crippen molar-refractivity contribution >= 4 is 27.6 Å². The van der Waals surface area contributed by atoms with Crippen molar-refractivity contribution in [2.24, 2.45) is 17.0 Å².